The van der Waals surface area contributed by atoms with E-state index in [0.717, 1.165) is 13.1 Å². The Labute approximate surface area is 86.9 Å². The molecule has 0 bridgehead atoms. The van der Waals surface area contributed by atoms with Crippen molar-refractivity contribution in [1.82, 2.24) is 4.90 Å². The first-order chi connectivity index (χ1) is 6.13. The predicted molar refractivity (Wildman–Crippen MR) is 58.3 cm³/mol. The fourth-order valence-electron chi connectivity index (χ4n) is 1.25. The highest BCUT2D eigenvalue weighted by Crippen LogP contribution is 2.05. The first-order valence-electron chi connectivity index (χ1n) is 5.10. The lowest BCUT2D eigenvalue weighted by Crippen LogP contribution is -2.36. The van der Waals surface area contributed by atoms with Crippen LogP contribution < -0.4 is 0 Å². The van der Waals surface area contributed by atoms with Crippen molar-refractivity contribution >= 4 is 11.6 Å². The van der Waals surface area contributed by atoms with Crippen LogP contribution in [0.15, 0.2) is 0 Å². The number of rotatable bonds is 7. The molecule has 0 aliphatic heterocycles. The predicted octanol–water partition coefficient (Wildman–Crippen LogP) is 1.95. The largest absolute Gasteiger partial charge is 0.391 e. The number of hydrogen-bond acceptors (Lipinski definition) is 2. The number of halogens is 1. The molecule has 2 atom stereocenters. The molecule has 2 unspecified atom stereocenters. The molecule has 0 amide bonds. The van der Waals surface area contributed by atoms with Gasteiger partial charge in [-0.3, -0.25) is 0 Å². The molecule has 0 saturated heterocycles. The van der Waals surface area contributed by atoms with Crippen LogP contribution in [0.5, 0.6) is 0 Å². The normalized spacial score (nSPS) is 16.2. The molecule has 3 heteroatoms. The van der Waals surface area contributed by atoms with E-state index in [1.165, 1.54) is 6.42 Å². The number of likely N-dealkylation sites (N-methyl/N-ethyl adjacent to an activating group) is 1. The molecule has 0 radical (unpaired) electrons. The summed E-state index contributed by atoms with van der Waals surface area (Å²) in [6, 6.07) is 0. The molecule has 13 heavy (non-hydrogen) atoms. The van der Waals surface area contributed by atoms with E-state index in [4.69, 9.17) is 11.6 Å². The minimum atomic E-state index is -0.384. The second-order valence-electron chi connectivity index (χ2n) is 3.67. The molecule has 0 aliphatic rings. The van der Waals surface area contributed by atoms with Crippen molar-refractivity contribution in [2.24, 2.45) is 5.92 Å². The quantitative estimate of drug-likeness (QED) is 0.646. The Hall–Kier alpha value is 0.210. The number of alkyl halides is 1. The maximum atomic E-state index is 9.37. The summed E-state index contributed by atoms with van der Waals surface area (Å²) in [5.41, 5.74) is 0. The Morgan fingerprint density at radius 1 is 1.31 bits per heavy atom. The molecule has 2 nitrogen and oxygen atoms in total. The maximum Gasteiger partial charge on any atom is 0.0802 e. The van der Waals surface area contributed by atoms with Gasteiger partial charge in [0.1, 0.15) is 0 Å². The van der Waals surface area contributed by atoms with Crippen LogP contribution >= 0.6 is 11.6 Å². The van der Waals surface area contributed by atoms with Gasteiger partial charge in [0.2, 0.25) is 0 Å². The van der Waals surface area contributed by atoms with Crippen molar-refractivity contribution in [3.05, 3.63) is 0 Å². The van der Waals surface area contributed by atoms with Crippen LogP contribution in [-0.2, 0) is 0 Å². The molecule has 0 aromatic heterocycles. The summed E-state index contributed by atoms with van der Waals surface area (Å²) in [5.74, 6) is 1.03. The van der Waals surface area contributed by atoms with Crippen LogP contribution in [0.4, 0.5) is 0 Å². The molecule has 0 aromatic carbocycles. The second-order valence-corrected chi connectivity index (χ2v) is 3.98. The first kappa shape index (κ1) is 13.2. The molecular weight excluding hydrogens is 186 g/mol. The van der Waals surface area contributed by atoms with Gasteiger partial charge in [-0.05, 0) is 12.5 Å². The highest BCUT2D eigenvalue weighted by Gasteiger charge is 2.11. The molecule has 0 rings (SSSR count). The van der Waals surface area contributed by atoms with Gasteiger partial charge in [0.15, 0.2) is 0 Å². The minimum Gasteiger partial charge on any atom is -0.391 e. The number of nitrogens with zero attached hydrogens (tertiary/aromatic N) is 1. The van der Waals surface area contributed by atoms with Crippen LogP contribution in [0.3, 0.4) is 0 Å². The molecule has 0 aromatic rings. The summed E-state index contributed by atoms with van der Waals surface area (Å²) in [7, 11) is 0. The van der Waals surface area contributed by atoms with Gasteiger partial charge < -0.3 is 10.0 Å². The lowest BCUT2D eigenvalue weighted by atomic mass is 10.1. The third-order valence-corrected chi connectivity index (χ3v) is 2.72. The zero-order valence-corrected chi connectivity index (χ0v) is 9.72. The summed E-state index contributed by atoms with van der Waals surface area (Å²) >= 11 is 5.55. The highest BCUT2D eigenvalue weighted by molar-refractivity contribution is 6.18. The van der Waals surface area contributed by atoms with Gasteiger partial charge in [-0.1, -0.05) is 27.2 Å². The van der Waals surface area contributed by atoms with Crippen molar-refractivity contribution in [1.29, 1.82) is 0 Å². The van der Waals surface area contributed by atoms with Gasteiger partial charge in [0, 0.05) is 19.0 Å². The molecular formula is C10H22ClNO. The highest BCUT2D eigenvalue weighted by atomic mass is 35.5. The topological polar surface area (TPSA) is 23.5 Å². The average molecular weight is 208 g/mol. The van der Waals surface area contributed by atoms with Crippen LogP contribution in [0.2, 0.25) is 0 Å². The summed E-state index contributed by atoms with van der Waals surface area (Å²) < 4.78 is 0. The summed E-state index contributed by atoms with van der Waals surface area (Å²) in [6.07, 6.45) is 0.804. The van der Waals surface area contributed by atoms with Crippen LogP contribution in [0.25, 0.3) is 0 Å². The third-order valence-electron chi connectivity index (χ3n) is 2.36. The Bertz CT molecular complexity index is 109. The SMILES string of the molecule is CCC(C)CN(CC)CC(O)CCl. The van der Waals surface area contributed by atoms with Crippen molar-refractivity contribution in [3.8, 4) is 0 Å². The lowest BCUT2D eigenvalue weighted by molar-refractivity contribution is 0.122. The molecule has 80 valence electrons. The minimum absolute atomic E-state index is 0.330. The Kier molecular flexibility index (Phi) is 7.72. The number of aliphatic hydroxyl groups is 1. The van der Waals surface area contributed by atoms with E-state index in [1.807, 2.05) is 0 Å². The Balaban J connectivity index is 3.74. The van der Waals surface area contributed by atoms with Crippen molar-refractivity contribution in [2.45, 2.75) is 33.3 Å². The Morgan fingerprint density at radius 2 is 1.92 bits per heavy atom. The van der Waals surface area contributed by atoms with E-state index in [1.54, 1.807) is 0 Å². The zero-order chi connectivity index (χ0) is 10.3. The van der Waals surface area contributed by atoms with E-state index in [0.29, 0.717) is 18.3 Å². The molecule has 0 aliphatic carbocycles. The van der Waals surface area contributed by atoms with Gasteiger partial charge in [0.25, 0.3) is 0 Å². The van der Waals surface area contributed by atoms with Gasteiger partial charge >= 0.3 is 0 Å². The van der Waals surface area contributed by atoms with Crippen LogP contribution in [0, 0.1) is 5.92 Å². The van der Waals surface area contributed by atoms with Gasteiger partial charge in [-0.15, -0.1) is 11.6 Å². The summed E-state index contributed by atoms with van der Waals surface area (Å²) in [5, 5.41) is 9.37. The molecule has 0 saturated carbocycles. The maximum absolute atomic E-state index is 9.37. The van der Waals surface area contributed by atoms with Crippen molar-refractivity contribution in [3.63, 3.8) is 0 Å². The summed E-state index contributed by atoms with van der Waals surface area (Å²) in [6.45, 7) is 9.28. The molecule has 0 fully saturated rings. The van der Waals surface area contributed by atoms with E-state index in [2.05, 4.69) is 25.7 Å². The van der Waals surface area contributed by atoms with Crippen LogP contribution in [-0.4, -0.2) is 41.6 Å². The smallest absolute Gasteiger partial charge is 0.0802 e. The fourth-order valence-corrected chi connectivity index (χ4v) is 1.35. The van der Waals surface area contributed by atoms with Gasteiger partial charge in [-0.2, -0.15) is 0 Å². The van der Waals surface area contributed by atoms with Crippen LogP contribution in [0.1, 0.15) is 27.2 Å². The number of aliphatic hydroxyl groups excluding tert-OH is 1. The fraction of sp³-hybridized carbons (Fsp3) is 1.00. The standard InChI is InChI=1S/C10H22ClNO/c1-4-9(3)7-12(5-2)8-10(13)6-11/h9-10,13H,4-8H2,1-3H3. The molecule has 0 spiro atoms. The zero-order valence-electron chi connectivity index (χ0n) is 8.96. The number of hydrogen-bond donors (Lipinski definition) is 1. The van der Waals surface area contributed by atoms with Crippen molar-refractivity contribution < 1.29 is 5.11 Å². The third kappa shape index (κ3) is 6.30. The lowest BCUT2D eigenvalue weighted by Gasteiger charge is -2.25. The van der Waals surface area contributed by atoms with Crippen molar-refractivity contribution in [2.75, 3.05) is 25.5 Å². The summed E-state index contributed by atoms with van der Waals surface area (Å²) in [4.78, 5) is 2.25. The van der Waals surface area contributed by atoms with Gasteiger partial charge in [-0.25, -0.2) is 0 Å². The Morgan fingerprint density at radius 3 is 2.31 bits per heavy atom. The first-order valence-corrected chi connectivity index (χ1v) is 5.63. The van der Waals surface area contributed by atoms with E-state index in [-0.39, 0.29) is 6.10 Å². The average Bonchev–Trinajstić information content (AvgIpc) is 2.16. The van der Waals surface area contributed by atoms with E-state index < -0.39 is 0 Å². The monoisotopic (exact) mass is 207 g/mol. The van der Waals surface area contributed by atoms with E-state index in [9.17, 15) is 5.11 Å². The van der Waals surface area contributed by atoms with E-state index >= 15 is 0 Å². The van der Waals surface area contributed by atoms with Gasteiger partial charge in [0.05, 0.1) is 6.10 Å². The molecule has 0 heterocycles. The second kappa shape index (κ2) is 7.60. The molecule has 1 N–H and O–H groups in total.